The SMILES string of the molecule is O=S(=O)(c1ccccc1NCCN1CCCCC1)C(F)(F)F. The predicted molar refractivity (Wildman–Crippen MR) is 78.5 cm³/mol. The molecule has 0 aromatic heterocycles. The molecule has 1 aromatic carbocycles. The van der Waals surface area contributed by atoms with Crippen LogP contribution in [-0.4, -0.2) is 45.0 Å². The number of hydrogen-bond donors (Lipinski definition) is 1. The van der Waals surface area contributed by atoms with Gasteiger partial charge in [-0.3, -0.25) is 0 Å². The molecule has 22 heavy (non-hydrogen) atoms. The number of anilines is 1. The number of likely N-dealkylation sites (tertiary alicyclic amines) is 1. The van der Waals surface area contributed by atoms with E-state index in [1.807, 2.05) is 0 Å². The molecule has 0 bridgehead atoms. The van der Waals surface area contributed by atoms with Crippen molar-refractivity contribution in [1.29, 1.82) is 0 Å². The summed E-state index contributed by atoms with van der Waals surface area (Å²) in [5.41, 5.74) is -5.30. The van der Waals surface area contributed by atoms with Gasteiger partial charge in [0, 0.05) is 13.1 Å². The summed E-state index contributed by atoms with van der Waals surface area (Å²) >= 11 is 0. The van der Waals surface area contributed by atoms with Crippen LogP contribution < -0.4 is 5.32 Å². The number of alkyl halides is 3. The molecule has 1 saturated heterocycles. The van der Waals surface area contributed by atoms with Gasteiger partial charge in [-0.1, -0.05) is 18.6 Å². The highest BCUT2D eigenvalue weighted by Gasteiger charge is 2.47. The fourth-order valence-corrected chi connectivity index (χ4v) is 3.44. The number of piperidine rings is 1. The van der Waals surface area contributed by atoms with Crippen LogP contribution in [-0.2, 0) is 9.84 Å². The van der Waals surface area contributed by atoms with Crippen LogP contribution >= 0.6 is 0 Å². The molecule has 0 unspecified atom stereocenters. The summed E-state index contributed by atoms with van der Waals surface area (Å²) in [5, 5.41) is 2.82. The molecule has 1 aliphatic rings. The van der Waals surface area contributed by atoms with Crippen LogP contribution in [0.5, 0.6) is 0 Å². The topological polar surface area (TPSA) is 49.4 Å². The Hall–Kier alpha value is -1.28. The first-order valence-corrected chi connectivity index (χ1v) is 8.67. The first-order chi connectivity index (χ1) is 10.3. The molecular weight excluding hydrogens is 317 g/mol. The summed E-state index contributed by atoms with van der Waals surface area (Å²) in [6.07, 6.45) is 3.45. The van der Waals surface area contributed by atoms with Crippen LogP contribution in [0.15, 0.2) is 29.2 Å². The molecule has 1 aromatic rings. The summed E-state index contributed by atoms with van der Waals surface area (Å²) in [6.45, 7) is 3.04. The van der Waals surface area contributed by atoms with Gasteiger partial charge in [-0.25, -0.2) is 8.42 Å². The van der Waals surface area contributed by atoms with Crippen molar-refractivity contribution in [3.8, 4) is 0 Å². The van der Waals surface area contributed by atoms with Gasteiger partial charge in [0.25, 0.3) is 9.84 Å². The smallest absolute Gasteiger partial charge is 0.383 e. The lowest BCUT2D eigenvalue weighted by Gasteiger charge is -2.26. The highest BCUT2D eigenvalue weighted by Crippen LogP contribution is 2.34. The Kier molecular flexibility index (Phi) is 5.33. The standard InChI is InChI=1S/C14H19F3N2O2S/c15-14(16,17)22(20,21)13-7-3-2-6-12(13)18-8-11-19-9-4-1-5-10-19/h2-3,6-7,18H,1,4-5,8-11H2. The van der Waals surface area contributed by atoms with E-state index in [0.717, 1.165) is 32.0 Å². The van der Waals surface area contributed by atoms with E-state index in [2.05, 4.69) is 10.2 Å². The van der Waals surface area contributed by atoms with E-state index in [-0.39, 0.29) is 5.69 Å². The van der Waals surface area contributed by atoms with E-state index in [0.29, 0.717) is 13.1 Å². The maximum absolute atomic E-state index is 12.7. The molecule has 124 valence electrons. The second-order valence-electron chi connectivity index (χ2n) is 5.27. The normalized spacial score (nSPS) is 17.4. The zero-order chi connectivity index (χ0) is 16.2. The summed E-state index contributed by atoms with van der Waals surface area (Å²) in [4.78, 5) is 1.50. The molecule has 0 aliphatic carbocycles. The lowest BCUT2D eigenvalue weighted by molar-refractivity contribution is -0.0435. The third kappa shape index (κ3) is 3.92. The van der Waals surface area contributed by atoms with Gasteiger partial charge in [0.1, 0.15) is 0 Å². The minimum absolute atomic E-state index is 0.00293. The van der Waals surface area contributed by atoms with Crippen molar-refractivity contribution in [3.05, 3.63) is 24.3 Å². The number of para-hydroxylation sites is 1. The number of halogens is 3. The van der Waals surface area contributed by atoms with Crippen molar-refractivity contribution < 1.29 is 21.6 Å². The average Bonchev–Trinajstić information content (AvgIpc) is 2.47. The van der Waals surface area contributed by atoms with Crippen LogP contribution in [0.1, 0.15) is 19.3 Å². The van der Waals surface area contributed by atoms with Crippen molar-refractivity contribution in [2.24, 2.45) is 0 Å². The molecule has 0 amide bonds. The molecule has 1 N–H and O–H groups in total. The van der Waals surface area contributed by atoms with Crippen LogP contribution in [0, 0.1) is 0 Å². The second-order valence-corrected chi connectivity index (χ2v) is 7.18. The third-order valence-electron chi connectivity index (χ3n) is 3.67. The number of hydrogen-bond acceptors (Lipinski definition) is 4. The van der Waals surface area contributed by atoms with Gasteiger partial charge in [0.2, 0.25) is 0 Å². The first-order valence-electron chi connectivity index (χ1n) is 7.19. The van der Waals surface area contributed by atoms with Crippen molar-refractivity contribution in [2.75, 3.05) is 31.5 Å². The number of rotatable bonds is 5. The molecule has 4 nitrogen and oxygen atoms in total. The highest BCUT2D eigenvalue weighted by molar-refractivity contribution is 7.92. The van der Waals surface area contributed by atoms with E-state index in [1.165, 1.54) is 24.6 Å². The van der Waals surface area contributed by atoms with E-state index in [4.69, 9.17) is 0 Å². The van der Waals surface area contributed by atoms with Gasteiger partial charge in [0.05, 0.1) is 10.6 Å². The molecule has 1 aliphatic heterocycles. The Morgan fingerprint density at radius 3 is 2.36 bits per heavy atom. The predicted octanol–water partition coefficient (Wildman–Crippen LogP) is 2.88. The summed E-state index contributed by atoms with van der Waals surface area (Å²) in [7, 11) is -5.34. The van der Waals surface area contributed by atoms with Crippen molar-refractivity contribution >= 4 is 15.5 Å². The van der Waals surface area contributed by atoms with Gasteiger partial charge in [-0.05, 0) is 38.1 Å². The molecule has 0 atom stereocenters. The Morgan fingerprint density at radius 1 is 1.09 bits per heavy atom. The fraction of sp³-hybridized carbons (Fsp3) is 0.571. The lowest BCUT2D eigenvalue weighted by atomic mass is 10.1. The van der Waals surface area contributed by atoms with Crippen molar-refractivity contribution in [2.45, 2.75) is 29.7 Å². The molecule has 1 heterocycles. The van der Waals surface area contributed by atoms with Crippen LogP contribution in [0.2, 0.25) is 0 Å². The van der Waals surface area contributed by atoms with Gasteiger partial charge < -0.3 is 10.2 Å². The van der Waals surface area contributed by atoms with Crippen LogP contribution in [0.3, 0.4) is 0 Å². The minimum atomic E-state index is -5.34. The number of nitrogens with one attached hydrogen (secondary N) is 1. The number of nitrogens with zero attached hydrogens (tertiary/aromatic N) is 1. The maximum Gasteiger partial charge on any atom is 0.501 e. The van der Waals surface area contributed by atoms with Crippen molar-refractivity contribution in [3.63, 3.8) is 0 Å². The third-order valence-corrected chi connectivity index (χ3v) is 5.22. The first kappa shape index (κ1) is 17.1. The van der Waals surface area contributed by atoms with E-state index >= 15 is 0 Å². The van der Waals surface area contributed by atoms with Crippen LogP contribution in [0.4, 0.5) is 18.9 Å². The monoisotopic (exact) mass is 336 g/mol. The Balaban J connectivity index is 2.06. The molecule has 1 fully saturated rings. The molecule has 0 saturated carbocycles. The summed E-state index contributed by atoms with van der Waals surface area (Å²) in [5.74, 6) is 0. The lowest BCUT2D eigenvalue weighted by Crippen LogP contribution is -2.34. The maximum atomic E-state index is 12.7. The molecule has 8 heteroatoms. The van der Waals surface area contributed by atoms with Gasteiger partial charge in [-0.15, -0.1) is 0 Å². The fourth-order valence-electron chi connectivity index (χ4n) is 2.50. The van der Waals surface area contributed by atoms with Crippen molar-refractivity contribution in [1.82, 2.24) is 4.90 Å². The Labute approximate surface area is 128 Å². The minimum Gasteiger partial charge on any atom is -0.383 e. The zero-order valence-electron chi connectivity index (χ0n) is 12.1. The highest BCUT2D eigenvalue weighted by atomic mass is 32.2. The van der Waals surface area contributed by atoms with E-state index in [9.17, 15) is 21.6 Å². The largest absolute Gasteiger partial charge is 0.501 e. The molecule has 0 spiro atoms. The molecule has 2 rings (SSSR count). The number of benzene rings is 1. The Morgan fingerprint density at radius 2 is 1.73 bits per heavy atom. The number of sulfone groups is 1. The van der Waals surface area contributed by atoms with Gasteiger partial charge in [-0.2, -0.15) is 13.2 Å². The van der Waals surface area contributed by atoms with Gasteiger partial charge >= 0.3 is 5.51 Å². The molecule has 0 radical (unpaired) electrons. The summed E-state index contributed by atoms with van der Waals surface area (Å²) < 4.78 is 61.2. The van der Waals surface area contributed by atoms with E-state index < -0.39 is 20.2 Å². The summed E-state index contributed by atoms with van der Waals surface area (Å²) in [6, 6.07) is 5.13. The quantitative estimate of drug-likeness (QED) is 0.898. The zero-order valence-corrected chi connectivity index (χ0v) is 12.9. The molecular formula is C14H19F3N2O2S. The Bertz CT molecular complexity index is 596. The second kappa shape index (κ2) is 6.87. The van der Waals surface area contributed by atoms with E-state index in [1.54, 1.807) is 0 Å². The van der Waals surface area contributed by atoms with Crippen LogP contribution in [0.25, 0.3) is 0 Å². The average molecular weight is 336 g/mol. The van der Waals surface area contributed by atoms with Gasteiger partial charge in [0.15, 0.2) is 0 Å².